The average Bonchev–Trinajstić information content (AvgIpc) is 3.92. The van der Waals surface area contributed by atoms with Gasteiger partial charge in [0.1, 0.15) is 0 Å². The Morgan fingerprint density at radius 1 is 0.439 bits per heavy atom. The molecule has 11 aromatic rings. The van der Waals surface area contributed by atoms with Gasteiger partial charge in [-0.15, -0.1) is 0 Å². The van der Waals surface area contributed by atoms with E-state index in [1.54, 1.807) is 0 Å². The number of para-hydroxylation sites is 2. The van der Waals surface area contributed by atoms with Crippen molar-refractivity contribution in [2.45, 2.75) is 0 Å². The third kappa shape index (κ3) is 4.72. The molecule has 3 aromatic heterocycles. The van der Waals surface area contributed by atoms with E-state index in [-0.39, 0.29) is 0 Å². The molecule has 1 aliphatic heterocycles. The first-order chi connectivity index (χ1) is 28.3. The van der Waals surface area contributed by atoms with Crippen molar-refractivity contribution in [3.63, 3.8) is 0 Å². The summed E-state index contributed by atoms with van der Waals surface area (Å²) in [5.74, 6) is 0.742. The predicted molar refractivity (Wildman–Crippen MR) is 243 cm³/mol. The van der Waals surface area contributed by atoms with Gasteiger partial charge in [-0.05, 0) is 0 Å². The molecule has 0 saturated carbocycles. The first-order valence-corrected chi connectivity index (χ1v) is 24.4. The molecule has 0 atom stereocenters. The van der Waals surface area contributed by atoms with Gasteiger partial charge in [-0.25, -0.2) is 0 Å². The van der Waals surface area contributed by atoms with Gasteiger partial charge in [-0.2, -0.15) is 0 Å². The van der Waals surface area contributed by atoms with Gasteiger partial charge >= 0.3 is 332 Å². The molecule has 0 unspecified atom stereocenters. The van der Waals surface area contributed by atoms with Crippen LogP contribution >= 0.6 is 11.3 Å². The summed E-state index contributed by atoms with van der Waals surface area (Å²) < 4.78 is 10.4. The number of benzene rings is 8. The van der Waals surface area contributed by atoms with Crippen molar-refractivity contribution < 1.29 is 0 Å². The molecule has 266 valence electrons. The fourth-order valence-corrected chi connectivity index (χ4v) is 21.1. The zero-order valence-electron chi connectivity index (χ0n) is 30.8. The van der Waals surface area contributed by atoms with Crippen LogP contribution in [0.5, 0.6) is 0 Å². The third-order valence-electron chi connectivity index (χ3n) is 11.9. The van der Waals surface area contributed by atoms with Crippen LogP contribution in [-0.4, -0.2) is 27.8 Å². The Morgan fingerprint density at radius 3 is 1.82 bits per heavy atom. The first-order valence-electron chi connectivity index (χ1n) is 19.4. The van der Waals surface area contributed by atoms with Gasteiger partial charge in [-0.3, -0.25) is 0 Å². The van der Waals surface area contributed by atoms with E-state index in [2.05, 4.69) is 205 Å². The Kier molecular flexibility index (Phi) is 7.28. The molecule has 0 spiro atoms. The van der Waals surface area contributed by atoms with Crippen molar-refractivity contribution in [1.29, 1.82) is 0 Å². The van der Waals surface area contributed by atoms with Crippen molar-refractivity contribution in [2.24, 2.45) is 0 Å². The number of fused-ring (bicyclic) bond motifs is 9. The number of hydrogen-bond acceptors (Lipinski definition) is 3. The quantitative estimate of drug-likeness (QED) is 0.162. The fraction of sp³-hybridized carbons (Fsp3) is 0. The predicted octanol–water partition coefficient (Wildman–Crippen LogP) is 10.6. The van der Waals surface area contributed by atoms with E-state index in [9.17, 15) is 0 Å². The van der Waals surface area contributed by atoms with Gasteiger partial charge in [0.25, 0.3) is 0 Å². The van der Waals surface area contributed by atoms with Crippen LogP contribution in [-0.2, 0) is 0 Å². The topological polar surface area (TPSA) is 30.7 Å². The molecule has 0 saturated heterocycles. The van der Waals surface area contributed by atoms with E-state index < -0.39 is 13.3 Å². The van der Waals surface area contributed by atoms with Crippen LogP contribution in [0.3, 0.4) is 0 Å². The van der Waals surface area contributed by atoms with Crippen LogP contribution in [0.4, 0.5) is 0 Å². The number of aromatic nitrogens is 3. The molecule has 5 heteroatoms. The monoisotopic (exact) mass is 805 g/mol. The summed E-state index contributed by atoms with van der Waals surface area (Å²) in [6.07, 6.45) is 0. The summed E-state index contributed by atoms with van der Waals surface area (Å²) in [4.78, 5) is 11.6. The van der Waals surface area contributed by atoms with E-state index >= 15 is 0 Å². The zero-order chi connectivity index (χ0) is 37.5. The standard InChI is InChI=1S/C52H33GeN3S/c1-4-18-34(19-5-1)50-49-39-26-10-14-28-43(39)53(35-20-6-2-7-21-35,36-22-8-3-9-23-36)51(49)55-52(54-50)40-27-12-16-30-45(40)56-44-29-15-11-24-37(44)41-33-48-42(32-46(41)56)38-25-13-17-31-47(38)57-48/h1-33H. The molecular formula is C52H33GeN3S. The maximum atomic E-state index is 5.90. The molecule has 0 radical (unpaired) electrons. The summed E-state index contributed by atoms with van der Waals surface area (Å²) in [7, 11) is 0. The molecule has 0 fully saturated rings. The van der Waals surface area contributed by atoms with Crippen LogP contribution in [0, 0.1) is 0 Å². The van der Waals surface area contributed by atoms with Gasteiger partial charge in [0, 0.05) is 0 Å². The van der Waals surface area contributed by atoms with Crippen LogP contribution in [0.1, 0.15) is 0 Å². The Labute approximate surface area is 336 Å². The Balaban J connectivity index is 1.20. The van der Waals surface area contributed by atoms with E-state index in [0.717, 1.165) is 33.9 Å². The van der Waals surface area contributed by atoms with Crippen molar-refractivity contribution in [3.05, 3.63) is 200 Å². The second kappa shape index (κ2) is 12.7. The summed E-state index contributed by atoms with van der Waals surface area (Å²) in [5, 5.41) is 5.06. The Bertz CT molecular complexity index is 3310. The van der Waals surface area contributed by atoms with Gasteiger partial charge in [0.2, 0.25) is 0 Å². The van der Waals surface area contributed by atoms with E-state index in [4.69, 9.17) is 9.97 Å². The Morgan fingerprint density at radius 2 is 1.05 bits per heavy atom. The maximum absolute atomic E-state index is 5.90. The molecule has 8 aromatic carbocycles. The minimum atomic E-state index is -3.72. The van der Waals surface area contributed by atoms with Crippen LogP contribution in [0.2, 0.25) is 0 Å². The van der Waals surface area contributed by atoms with Crippen molar-refractivity contribution in [2.75, 3.05) is 0 Å². The number of nitrogens with zero attached hydrogens (tertiary/aromatic N) is 3. The van der Waals surface area contributed by atoms with Gasteiger partial charge in [0.15, 0.2) is 0 Å². The molecule has 12 rings (SSSR count). The molecule has 0 amide bonds. The molecule has 0 aliphatic carbocycles. The normalized spacial score (nSPS) is 13.1. The van der Waals surface area contributed by atoms with Crippen LogP contribution in [0.15, 0.2) is 200 Å². The number of hydrogen-bond donors (Lipinski definition) is 0. The molecule has 57 heavy (non-hydrogen) atoms. The Hall–Kier alpha value is -6.60. The average molecular weight is 805 g/mol. The summed E-state index contributed by atoms with van der Waals surface area (Å²) in [6, 6.07) is 73.2. The van der Waals surface area contributed by atoms with Gasteiger partial charge < -0.3 is 0 Å². The van der Waals surface area contributed by atoms with Gasteiger partial charge in [0.05, 0.1) is 0 Å². The van der Waals surface area contributed by atoms with Crippen LogP contribution < -0.4 is 17.7 Å². The summed E-state index contributed by atoms with van der Waals surface area (Å²) >= 11 is -1.85. The summed E-state index contributed by atoms with van der Waals surface area (Å²) in [6.45, 7) is 0. The fourth-order valence-electron chi connectivity index (χ4n) is 9.50. The molecule has 3 nitrogen and oxygen atoms in total. The second-order valence-electron chi connectivity index (χ2n) is 14.8. The number of rotatable bonds is 5. The van der Waals surface area contributed by atoms with Crippen molar-refractivity contribution in [1.82, 2.24) is 14.5 Å². The molecule has 0 bridgehead atoms. The van der Waals surface area contributed by atoms with Crippen LogP contribution in [0.25, 0.3) is 81.4 Å². The minimum absolute atomic E-state index is 0.742. The van der Waals surface area contributed by atoms with Crippen molar-refractivity contribution >= 4 is 84.3 Å². The number of thiophene rings is 1. The SMILES string of the molecule is c1ccc(-c2nc(-c3ccccc3-n3c4ccccc4c4cc5sc6ccccc6c5cc43)n[c]3c2-c2cccc[c]2[Ge]3([c]2ccccc2)[c]2ccccc2)cc1. The third-order valence-corrected chi connectivity index (χ3v) is 22.9. The second-order valence-corrected chi connectivity index (χ2v) is 23.6. The van der Waals surface area contributed by atoms with E-state index in [1.165, 1.54) is 65.3 Å². The van der Waals surface area contributed by atoms with E-state index in [0.29, 0.717) is 0 Å². The zero-order valence-corrected chi connectivity index (χ0v) is 33.7. The van der Waals surface area contributed by atoms with Crippen molar-refractivity contribution in [3.8, 4) is 39.5 Å². The van der Waals surface area contributed by atoms with E-state index in [1.807, 2.05) is 11.3 Å². The molecular weight excluding hydrogens is 771 g/mol. The van der Waals surface area contributed by atoms with Gasteiger partial charge in [-0.1, -0.05) is 6.07 Å². The first kappa shape index (κ1) is 32.6. The summed E-state index contributed by atoms with van der Waals surface area (Å²) in [5.41, 5.74) is 8.89. The molecule has 0 N–H and O–H groups in total. The molecule has 1 aliphatic rings. The molecule has 4 heterocycles.